The van der Waals surface area contributed by atoms with E-state index < -0.39 is 23.4 Å². The standard InChI is InChI=1S/C13H7F3O2.ClH/c14-10-6-5-8(11(15)12(10)16)7-3-1-2-4-9(7)13(17)18;/h1-6H,(H,17,18);1H. The third-order valence-corrected chi connectivity index (χ3v) is 2.48. The van der Waals surface area contributed by atoms with E-state index in [1.54, 1.807) is 0 Å². The van der Waals surface area contributed by atoms with Crippen molar-refractivity contribution in [3.8, 4) is 11.1 Å². The molecule has 2 nitrogen and oxygen atoms in total. The lowest BCUT2D eigenvalue weighted by Gasteiger charge is -2.08. The van der Waals surface area contributed by atoms with Crippen molar-refractivity contribution in [2.75, 3.05) is 0 Å². The molecule has 2 aromatic carbocycles. The summed E-state index contributed by atoms with van der Waals surface area (Å²) >= 11 is 0. The van der Waals surface area contributed by atoms with E-state index in [-0.39, 0.29) is 29.1 Å². The third-order valence-electron chi connectivity index (χ3n) is 2.48. The number of rotatable bonds is 2. The zero-order valence-corrected chi connectivity index (χ0v) is 10.2. The average molecular weight is 289 g/mol. The molecule has 100 valence electrons. The first-order valence-corrected chi connectivity index (χ1v) is 4.98. The Bertz CT molecular complexity index is 629. The summed E-state index contributed by atoms with van der Waals surface area (Å²) < 4.78 is 39.5. The maximum absolute atomic E-state index is 13.6. The van der Waals surface area contributed by atoms with Crippen molar-refractivity contribution >= 4 is 18.4 Å². The van der Waals surface area contributed by atoms with Crippen molar-refractivity contribution in [2.24, 2.45) is 0 Å². The molecule has 0 aliphatic rings. The second-order valence-electron chi connectivity index (χ2n) is 3.57. The number of hydrogen-bond acceptors (Lipinski definition) is 1. The Labute approximate surface area is 112 Å². The monoisotopic (exact) mass is 288 g/mol. The average Bonchev–Trinajstić information content (AvgIpc) is 2.36. The van der Waals surface area contributed by atoms with E-state index in [0.29, 0.717) is 0 Å². The zero-order valence-electron chi connectivity index (χ0n) is 9.36. The molecule has 0 aromatic heterocycles. The van der Waals surface area contributed by atoms with Gasteiger partial charge in [0.2, 0.25) is 0 Å². The van der Waals surface area contributed by atoms with Crippen molar-refractivity contribution in [3.63, 3.8) is 0 Å². The molecule has 0 saturated carbocycles. The van der Waals surface area contributed by atoms with E-state index in [2.05, 4.69) is 0 Å². The van der Waals surface area contributed by atoms with Crippen LogP contribution in [0.4, 0.5) is 13.2 Å². The molecule has 0 spiro atoms. The van der Waals surface area contributed by atoms with Crippen molar-refractivity contribution in [1.29, 1.82) is 0 Å². The summed E-state index contributed by atoms with van der Waals surface area (Å²) in [6.07, 6.45) is 0. The number of aromatic carboxylic acids is 1. The minimum atomic E-state index is -1.62. The summed E-state index contributed by atoms with van der Waals surface area (Å²) in [5.74, 6) is -5.60. The Morgan fingerprint density at radius 1 is 0.895 bits per heavy atom. The predicted molar refractivity (Wildman–Crippen MR) is 66.0 cm³/mol. The van der Waals surface area contributed by atoms with Crippen molar-refractivity contribution < 1.29 is 23.1 Å². The topological polar surface area (TPSA) is 37.3 Å². The van der Waals surface area contributed by atoms with Gasteiger partial charge < -0.3 is 5.11 Å². The fourth-order valence-electron chi connectivity index (χ4n) is 1.64. The van der Waals surface area contributed by atoms with Gasteiger partial charge in [-0.1, -0.05) is 18.2 Å². The van der Waals surface area contributed by atoms with Crippen LogP contribution < -0.4 is 0 Å². The van der Waals surface area contributed by atoms with Gasteiger partial charge in [0, 0.05) is 5.56 Å². The van der Waals surface area contributed by atoms with Crippen LogP contribution in [0.2, 0.25) is 0 Å². The van der Waals surface area contributed by atoms with Crippen LogP contribution in [0.15, 0.2) is 36.4 Å². The second kappa shape index (κ2) is 5.75. The summed E-state index contributed by atoms with van der Waals surface area (Å²) in [5.41, 5.74) is -0.462. The highest BCUT2D eigenvalue weighted by atomic mass is 35.5. The third kappa shape index (κ3) is 2.71. The molecule has 0 aliphatic heterocycles. The zero-order chi connectivity index (χ0) is 13.3. The Morgan fingerprint density at radius 3 is 2.16 bits per heavy atom. The predicted octanol–water partition coefficient (Wildman–Crippen LogP) is 3.89. The van der Waals surface area contributed by atoms with E-state index >= 15 is 0 Å². The molecule has 0 radical (unpaired) electrons. The summed E-state index contributed by atoms with van der Waals surface area (Å²) in [7, 11) is 0. The van der Waals surface area contributed by atoms with Gasteiger partial charge in [-0.05, 0) is 23.8 Å². The Balaban J connectivity index is 0.00000180. The van der Waals surface area contributed by atoms with E-state index in [1.165, 1.54) is 24.3 Å². The largest absolute Gasteiger partial charge is 0.478 e. The van der Waals surface area contributed by atoms with Crippen LogP contribution in [-0.2, 0) is 0 Å². The molecule has 0 bridgehead atoms. The maximum Gasteiger partial charge on any atom is 0.336 e. The molecule has 0 amide bonds. The van der Waals surface area contributed by atoms with Crippen LogP contribution in [0.25, 0.3) is 11.1 Å². The molecule has 0 atom stereocenters. The number of carboxylic acid groups (broad SMARTS) is 1. The first-order valence-electron chi connectivity index (χ1n) is 4.98. The normalized spacial score (nSPS) is 9.84. The van der Waals surface area contributed by atoms with Gasteiger partial charge in [-0.2, -0.15) is 0 Å². The van der Waals surface area contributed by atoms with Crippen molar-refractivity contribution in [2.45, 2.75) is 0 Å². The molecule has 2 aromatic rings. The van der Waals surface area contributed by atoms with Crippen LogP contribution in [0.3, 0.4) is 0 Å². The number of carboxylic acids is 1. The van der Waals surface area contributed by atoms with E-state index in [0.717, 1.165) is 12.1 Å². The highest BCUT2D eigenvalue weighted by Crippen LogP contribution is 2.28. The van der Waals surface area contributed by atoms with Gasteiger partial charge in [0.15, 0.2) is 17.5 Å². The molecule has 0 fully saturated rings. The lowest BCUT2D eigenvalue weighted by molar-refractivity contribution is 0.0697. The molecule has 19 heavy (non-hydrogen) atoms. The number of hydrogen-bond donors (Lipinski definition) is 1. The SMILES string of the molecule is Cl.O=C(O)c1ccccc1-c1ccc(F)c(F)c1F. The highest BCUT2D eigenvalue weighted by Gasteiger charge is 2.18. The van der Waals surface area contributed by atoms with E-state index in [1.807, 2.05) is 0 Å². The van der Waals surface area contributed by atoms with Crippen LogP contribution in [0, 0.1) is 17.5 Å². The molecular weight excluding hydrogens is 281 g/mol. The molecule has 0 heterocycles. The van der Waals surface area contributed by atoms with E-state index in [4.69, 9.17) is 5.11 Å². The van der Waals surface area contributed by atoms with Crippen LogP contribution in [-0.4, -0.2) is 11.1 Å². The Morgan fingerprint density at radius 2 is 1.53 bits per heavy atom. The van der Waals surface area contributed by atoms with Gasteiger partial charge in [-0.3, -0.25) is 0 Å². The highest BCUT2D eigenvalue weighted by molar-refractivity contribution is 5.96. The van der Waals surface area contributed by atoms with E-state index in [9.17, 15) is 18.0 Å². The summed E-state index contributed by atoms with van der Waals surface area (Å²) in [6, 6.07) is 7.31. The van der Waals surface area contributed by atoms with Gasteiger partial charge >= 0.3 is 5.97 Å². The summed E-state index contributed by atoms with van der Waals surface area (Å²) in [5, 5.41) is 8.95. The number of halogens is 4. The first-order chi connectivity index (χ1) is 8.52. The molecule has 2 rings (SSSR count). The van der Waals surface area contributed by atoms with Crippen molar-refractivity contribution in [3.05, 3.63) is 59.4 Å². The molecule has 0 saturated heterocycles. The first kappa shape index (κ1) is 15.0. The molecule has 1 N–H and O–H groups in total. The maximum atomic E-state index is 13.6. The second-order valence-corrected chi connectivity index (χ2v) is 3.57. The molecular formula is C13H8ClF3O2. The fourth-order valence-corrected chi connectivity index (χ4v) is 1.64. The Hall–Kier alpha value is -2.01. The minimum absolute atomic E-state index is 0. The Kier molecular flexibility index (Phi) is 4.56. The fraction of sp³-hybridized carbons (Fsp3) is 0. The quantitative estimate of drug-likeness (QED) is 0.851. The van der Waals surface area contributed by atoms with Crippen LogP contribution >= 0.6 is 12.4 Å². The van der Waals surface area contributed by atoms with Gasteiger partial charge in [0.25, 0.3) is 0 Å². The summed E-state index contributed by atoms with van der Waals surface area (Å²) in [4.78, 5) is 11.0. The van der Waals surface area contributed by atoms with Crippen LogP contribution in [0.1, 0.15) is 10.4 Å². The summed E-state index contributed by atoms with van der Waals surface area (Å²) in [6.45, 7) is 0. The molecule has 6 heteroatoms. The van der Waals surface area contributed by atoms with Crippen molar-refractivity contribution in [1.82, 2.24) is 0 Å². The van der Waals surface area contributed by atoms with Crippen LogP contribution in [0.5, 0.6) is 0 Å². The smallest absolute Gasteiger partial charge is 0.336 e. The molecule has 0 aliphatic carbocycles. The minimum Gasteiger partial charge on any atom is -0.478 e. The lowest BCUT2D eigenvalue weighted by Crippen LogP contribution is -2.01. The number of benzene rings is 2. The van der Waals surface area contributed by atoms with Gasteiger partial charge in [-0.15, -0.1) is 12.4 Å². The number of carbonyl (C=O) groups is 1. The van der Waals surface area contributed by atoms with Gasteiger partial charge in [-0.25, -0.2) is 18.0 Å². The lowest BCUT2D eigenvalue weighted by atomic mass is 9.99. The van der Waals surface area contributed by atoms with Gasteiger partial charge in [0.1, 0.15) is 0 Å². The molecule has 0 unspecified atom stereocenters. The van der Waals surface area contributed by atoms with Gasteiger partial charge in [0.05, 0.1) is 5.56 Å².